The summed E-state index contributed by atoms with van der Waals surface area (Å²) >= 11 is 0. The monoisotopic (exact) mass is 302 g/mol. The van der Waals surface area contributed by atoms with Gasteiger partial charge >= 0.3 is 0 Å². The highest BCUT2D eigenvalue weighted by atomic mass is 32.2. The molecule has 0 aliphatic carbocycles. The molecule has 3 N–H and O–H groups in total. The molecule has 0 aromatic heterocycles. The normalized spacial score (nSPS) is 12.3. The molecule has 0 aliphatic heterocycles. The molecule has 1 rings (SSSR count). The zero-order valence-electron chi connectivity index (χ0n) is 12.0. The van der Waals surface area contributed by atoms with E-state index in [1.807, 2.05) is 20.8 Å². The minimum Gasteiger partial charge on any atom is -0.352 e. The Kier molecular flexibility index (Phi) is 4.55. The average molecular weight is 302 g/mol. The molecule has 1 amide bonds. The van der Waals surface area contributed by atoms with Gasteiger partial charge in [-0.1, -0.05) is 20.8 Å². The number of halogens is 1. The fourth-order valence-electron chi connectivity index (χ4n) is 1.53. The molecule has 0 heterocycles. The van der Waals surface area contributed by atoms with Crippen LogP contribution in [0.15, 0.2) is 17.0 Å². The van der Waals surface area contributed by atoms with Gasteiger partial charge in [0.25, 0.3) is 5.91 Å². The lowest BCUT2D eigenvalue weighted by Gasteiger charge is -2.19. The van der Waals surface area contributed by atoms with Crippen LogP contribution in [-0.2, 0) is 10.0 Å². The maximum Gasteiger partial charge on any atom is 0.251 e. The van der Waals surface area contributed by atoms with E-state index in [-0.39, 0.29) is 21.4 Å². The molecule has 0 fully saturated rings. The lowest BCUT2D eigenvalue weighted by atomic mass is 9.97. The molecule has 7 heteroatoms. The molecule has 0 unspecified atom stereocenters. The highest BCUT2D eigenvalue weighted by molar-refractivity contribution is 7.89. The number of rotatable bonds is 3. The Bertz CT molecular complexity index is 634. The molecule has 0 aliphatic rings. The molecule has 0 radical (unpaired) electrons. The minimum absolute atomic E-state index is 0.0682. The second kappa shape index (κ2) is 5.49. The third kappa shape index (κ3) is 4.28. The number of benzene rings is 1. The number of primary sulfonamides is 1. The second-order valence-electron chi connectivity index (χ2n) is 5.87. The maximum absolute atomic E-state index is 13.7. The van der Waals surface area contributed by atoms with Gasteiger partial charge in [-0.3, -0.25) is 4.79 Å². The van der Waals surface area contributed by atoms with Gasteiger partial charge in [-0.15, -0.1) is 0 Å². The van der Waals surface area contributed by atoms with E-state index in [2.05, 4.69) is 5.32 Å². The van der Waals surface area contributed by atoms with Crippen molar-refractivity contribution in [3.8, 4) is 0 Å². The fraction of sp³-hybridized carbons (Fsp3) is 0.462. The van der Waals surface area contributed by atoms with E-state index in [4.69, 9.17) is 5.14 Å². The van der Waals surface area contributed by atoms with Gasteiger partial charge in [-0.2, -0.15) is 0 Å². The zero-order chi connectivity index (χ0) is 15.7. The van der Waals surface area contributed by atoms with E-state index in [0.29, 0.717) is 6.54 Å². The van der Waals surface area contributed by atoms with Crippen LogP contribution < -0.4 is 10.5 Å². The summed E-state index contributed by atoms with van der Waals surface area (Å²) in [7, 11) is -4.08. The Morgan fingerprint density at radius 3 is 2.35 bits per heavy atom. The molecular formula is C13H19FN2O3S. The Morgan fingerprint density at radius 1 is 1.35 bits per heavy atom. The number of nitrogens with two attached hydrogens (primary N) is 1. The first kappa shape index (κ1) is 16.6. The van der Waals surface area contributed by atoms with Crippen LogP contribution in [-0.4, -0.2) is 20.9 Å². The van der Waals surface area contributed by atoms with Crippen molar-refractivity contribution in [2.45, 2.75) is 32.6 Å². The number of carbonyl (C=O) groups excluding carboxylic acids is 1. The Morgan fingerprint density at radius 2 is 1.90 bits per heavy atom. The standard InChI is InChI=1S/C13H19FN2O3S/c1-8-10(14)5-9(6-11(8)20(15,18)19)12(17)16-7-13(2,3)4/h5-6H,7H2,1-4H3,(H,16,17)(H2,15,18,19). The van der Waals surface area contributed by atoms with E-state index in [1.54, 1.807) is 0 Å². The number of hydrogen-bond donors (Lipinski definition) is 2. The molecule has 0 saturated heterocycles. The van der Waals surface area contributed by atoms with Crippen molar-refractivity contribution in [3.63, 3.8) is 0 Å². The number of carbonyl (C=O) groups is 1. The number of amides is 1. The lowest BCUT2D eigenvalue weighted by Crippen LogP contribution is -2.32. The van der Waals surface area contributed by atoms with E-state index < -0.39 is 21.7 Å². The van der Waals surface area contributed by atoms with Gasteiger partial charge in [0.15, 0.2) is 0 Å². The predicted molar refractivity (Wildman–Crippen MR) is 74.3 cm³/mol. The largest absolute Gasteiger partial charge is 0.352 e. The number of nitrogens with one attached hydrogen (secondary N) is 1. The lowest BCUT2D eigenvalue weighted by molar-refractivity contribution is 0.0938. The van der Waals surface area contributed by atoms with E-state index in [1.165, 1.54) is 6.92 Å². The van der Waals surface area contributed by atoms with Crippen molar-refractivity contribution in [2.24, 2.45) is 10.6 Å². The van der Waals surface area contributed by atoms with Gasteiger partial charge in [0.2, 0.25) is 10.0 Å². The molecule has 5 nitrogen and oxygen atoms in total. The van der Waals surface area contributed by atoms with E-state index in [9.17, 15) is 17.6 Å². The van der Waals surface area contributed by atoms with Crippen molar-refractivity contribution in [2.75, 3.05) is 6.54 Å². The van der Waals surface area contributed by atoms with Crippen molar-refractivity contribution >= 4 is 15.9 Å². The Hall–Kier alpha value is -1.47. The Balaban J connectivity index is 3.15. The highest BCUT2D eigenvalue weighted by Gasteiger charge is 2.20. The molecule has 112 valence electrons. The SMILES string of the molecule is Cc1c(F)cc(C(=O)NCC(C)(C)C)cc1S(N)(=O)=O. The smallest absolute Gasteiger partial charge is 0.251 e. The van der Waals surface area contributed by atoms with Gasteiger partial charge < -0.3 is 5.32 Å². The minimum atomic E-state index is -4.08. The third-order valence-corrected chi connectivity index (χ3v) is 3.68. The molecule has 0 bridgehead atoms. The Labute approximate surface area is 118 Å². The summed E-state index contributed by atoms with van der Waals surface area (Å²) in [5, 5.41) is 7.64. The average Bonchev–Trinajstić information content (AvgIpc) is 2.26. The summed E-state index contributed by atoms with van der Waals surface area (Å²) in [5.74, 6) is -1.32. The van der Waals surface area contributed by atoms with Crippen LogP contribution in [0.1, 0.15) is 36.7 Å². The number of sulfonamides is 1. The van der Waals surface area contributed by atoms with Crippen LogP contribution in [0.4, 0.5) is 4.39 Å². The van der Waals surface area contributed by atoms with Crippen molar-refractivity contribution in [3.05, 3.63) is 29.1 Å². The number of hydrogen-bond acceptors (Lipinski definition) is 3. The first-order valence-corrected chi connectivity index (χ1v) is 7.57. The van der Waals surface area contributed by atoms with Crippen molar-refractivity contribution in [1.82, 2.24) is 5.32 Å². The summed E-state index contributed by atoms with van der Waals surface area (Å²) in [6.45, 7) is 7.47. The van der Waals surface area contributed by atoms with Gasteiger partial charge in [-0.25, -0.2) is 17.9 Å². The molecule has 0 saturated carbocycles. The van der Waals surface area contributed by atoms with Crippen molar-refractivity contribution in [1.29, 1.82) is 0 Å². The molecule has 1 aromatic rings. The quantitative estimate of drug-likeness (QED) is 0.888. The first-order chi connectivity index (χ1) is 8.92. The van der Waals surface area contributed by atoms with Crippen LogP contribution in [0.5, 0.6) is 0 Å². The highest BCUT2D eigenvalue weighted by Crippen LogP contribution is 2.20. The topological polar surface area (TPSA) is 89.3 Å². The fourth-order valence-corrected chi connectivity index (χ4v) is 2.34. The molecule has 0 spiro atoms. The van der Waals surface area contributed by atoms with Gasteiger partial charge in [0.1, 0.15) is 5.82 Å². The summed E-state index contributed by atoms with van der Waals surface area (Å²) in [4.78, 5) is 11.5. The molecular weight excluding hydrogens is 283 g/mol. The molecule has 1 aromatic carbocycles. The van der Waals surface area contributed by atoms with Crippen molar-refractivity contribution < 1.29 is 17.6 Å². The van der Waals surface area contributed by atoms with Crippen LogP contribution >= 0.6 is 0 Å². The second-order valence-corrected chi connectivity index (χ2v) is 7.40. The third-order valence-electron chi connectivity index (χ3n) is 2.64. The van der Waals surface area contributed by atoms with E-state index >= 15 is 0 Å². The summed E-state index contributed by atoms with van der Waals surface area (Å²) in [6, 6.07) is 2.09. The van der Waals surface area contributed by atoms with Crippen LogP contribution in [0, 0.1) is 18.2 Å². The van der Waals surface area contributed by atoms with Gasteiger partial charge in [0, 0.05) is 17.7 Å². The summed E-state index contributed by atoms with van der Waals surface area (Å²) < 4.78 is 36.5. The predicted octanol–water partition coefficient (Wildman–Crippen LogP) is 1.56. The first-order valence-electron chi connectivity index (χ1n) is 6.03. The summed E-state index contributed by atoms with van der Waals surface area (Å²) in [6.07, 6.45) is 0. The van der Waals surface area contributed by atoms with E-state index in [0.717, 1.165) is 12.1 Å². The van der Waals surface area contributed by atoms with Crippen LogP contribution in [0.2, 0.25) is 0 Å². The molecule has 0 atom stereocenters. The van der Waals surface area contributed by atoms with Crippen LogP contribution in [0.3, 0.4) is 0 Å². The van der Waals surface area contributed by atoms with Gasteiger partial charge in [-0.05, 0) is 24.5 Å². The summed E-state index contributed by atoms with van der Waals surface area (Å²) in [5.41, 5.74) is -0.303. The van der Waals surface area contributed by atoms with Crippen LogP contribution in [0.25, 0.3) is 0 Å². The van der Waals surface area contributed by atoms with Gasteiger partial charge in [0.05, 0.1) is 4.90 Å². The zero-order valence-corrected chi connectivity index (χ0v) is 12.8. The molecule has 20 heavy (non-hydrogen) atoms. The maximum atomic E-state index is 13.7.